The van der Waals surface area contributed by atoms with Crippen LogP contribution in [-0.2, 0) is 4.79 Å². The number of nitrogens with one attached hydrogen (secondary N) is 1. The highest BCUT2D eigenvalue weighted by Crippen LogP contribution is 2.39. The Morgan fingerprint density at radius 1 is 1.34 bits per heavy atom. The number of nitrogens with zero attached hydrogens (tertiary/aromatic N) is 5. The minimum Gasteiger partial charge on any atom is -0.497 e. The van der Waals surface area contributed by atoms with Gasteiger partial charge < -0.3 is 14.5 Å². The largest absolute Gasteiger partial charge is 0.497 e. The van der Waals surface area contributed by atoms with Crippen LogP contribution >= 0.6 is 0 Å². The molecule has 10 heteroatoms. The lowest BCUT2D eigenvalue weighted by Crippen LogP contribution is -2.55. The van der Waals surface area contributed by atoms with Crippen molar-refractivity contribution in [3.8, 4) is 5.75 Å². The third kappa shape index (κ3) is 3.93. The number of ether oxygens (including phenoxy) is 1. The SMILES string of the molecule is CCC1C(=O)N(C)c2cnc(NN(N)C(=O)c3cccc(OC)c3)nc2N1C1CCCC1. The molecule has 4 rings (SSSR count). The number of carbonyl (C=O) groups is 2. The number of likely N-dealkylation sites (N-methyl/N-ethyl adjacent to an activating group) is 1. The minimum absolute atomic E-state index is 0.0462. The Labute approximate surface area is 187 Å². The third-order valence-electron chi connectivity index (χ3n) is 6.17. The van der Waals surface area contributed by atoms with E-state index in [0.717, 1.165) is 30.8 Å². The number of benzene rings is 1. The van der Waals surface area contributed by atoms with E-state index in [1.54, 1.807) is 42.4 Å². The zero-order valence-electron chi connectivity index (χ0n) is 18.6. The Morgan fingerprint density at radius 2 is 2.09 bits per heavy atom. The molecule has 0 bridgehead atoms. The van der Waals surface area contributed by atoms with Crippen LogP contribution < -0.4 is 25.8 Å². The molecular weight excluding hydrogens is 410 g/mol. The van der Waals surface area contributed by atoms with Crippen molar-refractivity contribution in [2.45, 2.75) is 51.1 Å². The first-order chi connectivity index (χ1) is 15.4. The predicted octanol–water partition coefficient (Wildman–Crippen LogP) is 2.33. The topological polar surface area (TPSA) is 117 Å². The number of hydrazine groups is 2. The molecule has 1 saturated carbocycles. The van der Waals surface area contributed by atoms with E-state index in [0.29, 0.717) is 29.2 Å². The Kier molecular flexibility index (Phi) is 6.13. The molecule has 170 valence electrons. The normalized spacial score (nSPS) is 18.5. The van der Waals surface area contributed by atoms with Gasteiger partial charge in [-0.25, -0.2) is 16.3 Å². The molecule has 1 fully saturated rings. The van der Waals surface area contributed by atoms with Gasteiger partial charge in [0.2, 0.25) is 11.9 Å². The molecule has 1 atom stereocenters. The van der Waals surface area contributed by atoms with Gasteiger partial charge in [0.05, 0.1) is 13.3 Å². The fourth-order valence-corrected chi connectivity index (χ4v) is 4.49. The second-order valence-corrected chi connectivity index (χ2v) is 8.09. The van der Waals surface area contributed by atoms with Gasteiger partial charge in [-0.3, -0.25) is 9.59 Å². The van der Waals surface area contributed by atoms with Crippen LogP contribution in [0.1, 0.15) is 49.4 Å². The summed E-state index contributed by atoms with van der Waals surface area (Å²) in [5, 5.41) is 0.853. The summed E-state index contributed by atoms with van der Waals surface area (Å²) in [5.74, 6) is 6.99. The summed E-state index contributed by atoms with van der Waals surface area (Å²) < 4.78 is 5.17. The summed E-state index contributed by atoms with van der Waals surface area (Å²) in [6.07, 6.45) is 6.61. The molecule has 2 aliphatic rings. The molecule has 0 radical (unpaired) electrons. The Morgan fingerprint density at radius 3 is 2.78 bits per heavy atom. The molecule has 1 aliphatic heterocycles. The van der Waals surface area contributed by atoms with Crippen molar-refractivity contribution < 1.29 is 14.3 Å². The van der Waals surface area contributed by atoms with Crippen LogP contribution in [0.2, 0.25) is 0 Å². The maximum atomic E-state index is 13.0. The van der Waals surface area contributed by atoms with Crippen molar-refractivity contribution in [3.63, 3.8) is 0 Å². The lowest BCUT2D eigenvalue weighted by molar-refractivity contribution is -0.120. The standard InChI is InChI=1S/C22H29N7O3/c1-4-17-21(31)27(2)18-13-24-22(25-19(18)28(17)15-9-5-6-10-15)26-29(23)20(30)14-8-7-11-16(12-14)32-3/h7-8,11-13,15,17H,4-6,9-10,23H2,1-3H3,(H,24,25,26). The highest BCUT2D eigenvalue weighted by molar-refractivity contribution is 6.04. The smallest absolute Gasteiger partial charge is 0.287 e. The number of hydrogen-bond acceptors (Lipinski definition) is 8. The summed E-state index contributed by atoms with van der Waals surface area (Å²) in [4.78, 5) is 38.4. The average molecular weight is 440 g/mol. The Bertz CT molecular complexity index is 1010. The van der Waals surface area contributed by atoms with Gasteiger partial charge in [-0.05, 0) is 37.5 Å². The first kappa shape index (κ1) is 21.8. The monoisotopic (exact) mass is 439 g/mol. The van der Waals surface area contributed by atoms with Crippen molar-refractivity contribution >= 4 is 29.3 Å². The zero-order chi connectivity index (χ0) is 22.8. The lowest BCUT2D eigenvalue weighted by Gasteiger charge is -2.43. The van der Waals surface area contributed by atoms with Crippen LogP contribution in [0.25, 0.3) is 0 Å². The van der Waals surface area contributed by atoms with Gasteiger partial charge in [0.1, 0.15) is 17.5 Å². The molecular formula is C22H29N7O3. The maximum Gasteiger partial charge on any atom is 0.287 e. The van der Waals surface area contributed by atoms with Gasteiger partial charge in [0, 0.05) is 18.7 Å². The van der Waals surface area contributed by atoms with E-state index in [9.17, 15) is 9.59 Å². The molecule has 2 aromatic rings. The van der Waals surface area contributed by atoms with E-state index >= 15 is 0 Å². The molecule has 1 aromatic carbocycles. The Balaban J connectivity index is 1.62. The summed E-state index contributed by atoms with van der Waals surface area (Å²) in [6.45, 7) is 2.01. The quantitative estimate of drug-likeness (QED) is 0.400. The minimum atomic E-state index is -0.461. The zero-order valence-corrected chi connectivity index (χ0v) is 18.6. The summed E-state index contributed by atoms with van der Waals surface area (Å²) in [7, 11) is 3.28. The van der Waals surface area contributed by atoms with Crippen LogP contribution in [0.5, 0.6) is 5.75 Å². The van der Waals surface area contributed by atoms with Crippen LogP contribution in [0.3, 0.4) is 0 Å². The number of aromatic nitrogens is 2. The number of hydrogen-bond donors (Lipinski definition) is 2. The van der Waals surface area contributed by atoms with Gasteiger partial charge in [-0.15, -0.1) is 0 Å². The third-order valence-corrected chi connectivity index (χ3v) is 6.17. The molecule has 1 unspecified atom stereocenters. The fraction of sp³-hybridized carbons (Fsp3) is 0.455. The van der Waals surface area contributed by atoms with Gasteiger partial charge in [-0.2, -0.15) is 10.1 Å². The van der Waals surface area contributed by atoms with Crippen molar-refractivity contribution in [3.05, 3.63) is 36.0 Å². The molecule has 1 aliphatic carbocycles. The molecule has 0 saturated heterocycles. The van der Waals surface area contributed by atoms with Gasteiger partial charge in [-0.1, -0.05) is 25.8 Å². The molecule has 2 heterocycles. The van der Waals surface area contributed by atoms with E-state index in [1.165, 1.54) is 7.11 Å². The molecule has 32 heavy (non-hydrogen) atoms. The first-order valence-electron chi connectivity index (χ1n) is 10.9. The molecule has 2 amide bonds. The number of methoxy groups -OCH3 is 1. The van der Waals surface area contributed by atoms with Crippen LogP contribution in [-0.4, -0.2) is 53.1 Å². The fourth-order valence-electron chi connectivity index (χ4n) is 4.49. The van der Waals surface area contributed by atoms with E-state index in [2.05, 4.69) is 20.3 Å². The molecule has 0 spiro atoms. The van der Waals surface area contributed by atoms with Gasteiger partial charge in [0.15, 0.2) is 5.82 Å². The Hall–Kier alpha value is -3.40. The second-order valence-electron chi connectivity index (χ2n) is 8.09. The summed E-state index contributed by atoms with van der Waals surface area (Å²) in [5.41, 5.74) is 3.78. The number of anilines is 3. The van der Waals surface area contributed by atoms with Crippen molar-refractivity contribution in [2.24, 2.45) is 5.84 Å². The van der Waals surface area contributed by atoms with E-state index in [-0.39, 0.29) is 23.9 Å². The second kappa shape index (κ2) is 8.99. The number of carbonyl (C=O) groups excluding carboxylic acids is 2. The predicted molar refractivity (Wildman–Crippen MR) is 121 cm³/mol. The van der Waals surface area contributed by atoms with Crippen LogP contribution in [0, 0.1) is 0 Å². The van der Waals surface area contributed by atoms with E-state index in [4.69, 9.17) is 10.6 Å². The highest BCUT2D eigenvalue weighted by atomic mass is 16.5. The number of amides is 2. The van der Waals surface area contributed by atoms with Crippen molar-refractivity contribution in [1.29, 1.82) is 0 Å². The van der Waals surface area contributed by atoms with E-state index < -0.39 is 5.91 Å². The summed E-state index contributed by atoms with van der Waals surface area (Å²) in [6, 6.07) is 6.70. The van der Waals surface area contributed by atoms with Gasteiger partial charge >= 0.3 is 0 Å². The molecule has 10 nitrogen and oxygen atoms in total. The maximum absolute atomic E-state index is 13.0. The van der Waals surface area contributed by atoms with Crippen LogP contribution in [0.15, 0.2) is 30.5 Å². The highest BCUT2D eigenvalue weighted by Gasteiger charge is 2.41. The summed E-state index contributed by atoms with van der Waals surface area (Å²) >= 11 is 0. The first-order valence-corrected chi connectivity index (χ1v) is 10.9. The lowest BCUT2D eigenvalue weighted by atomic mass is 10.0. The number of rotatable bonds is 6. The number of fused-ring (bicyclic) bond motifs is 1. The molecule has 3 N–H and O–H groups in total. The van der Waals surface area contributed by atoms with Gasteiger partial charge in [0.25, 0.3) is 5.91 Å². The van der Waals surface area contributed by atoms with Crippen LogP contribution in [0.4, 0.5) is 17.5 Å². The molecule has 1 aromatic heterocycles. The number of nitrogens with two attached hydrogens (primary N) is 1. The average Bonchev–Trinajstić information content (AvgIpc) is 3.35. The van der Waals surface area contributed by atoms with E-state index in [1.807, 2.05) is 6.92 Å². The van der Waals surface area contributed by atoms with Crippen molar-refractivity contribution in [1.82, 2.24) is 15.1 Å². The van der Waals surface area contributed by atoms with Crippen molar-refractivity contribution in [2.75, 3.05) is 29.4 Å².